The predicted molar refractivity (Wildman–Crippen MR) is 153 cm³/mol. The maximum atomic E-state index is 11.7. The van der Waals surface area contributed by atoms with E-state index in [2.05, 4.69) is 49.6 Å². The molecule has 4 heteroatoms. The van der Waals surface area contributed by atoms with Crippen LogP contribution < -0.4 is 9.47 Å². The van der Waals surface area contributed by atoms with E-state index >= 15 is 0 Å². The third-order valence-electron chi connectivity index (χ3n) is 6.43. The molecule has 4 rings (SSSR count). The summed E-state index contributed by atoms with van der Waals surface area (Å²) in [6, 6.07) is 28.4. The van der Waals surface area contributed by atoms with Gasteiger partial charge < -0.3 is 9.47 Å². The zero-order chi connectivity index (χ0) is 27.1. The molecule has 0 unspecified atom stereocenters. The summed E-state index contributed by atoms with van der Waals surface area (Å²) in [5.41, 5.74) is 5.75. The van der Waals surface area contributed by atoms with Gasteiger partial charge in [-0.05, 0) is 96.8 Å². The molecule has 38 heavy (non-hydrogen) atoms. The van der Waals surface area contributed by atoms with Crippen molar-refractivity contribution in [1.82, 2.24) is 0 Å². The second-order valence-corrected chi connectivity index (χ2v) is 9.56. The third kappa shape index (κ3) is 6.86. The maximum absolute atomic E-state index is 11.7. The topological polar surface area (TPSA) is 52.6 Å². The Morgan fingerprint density at radius 1 is 0.553 bits per heavy atom. The van der Waals surface area contributed by atoms with Crippen LogP contribution in [0.15, 0.2) is 109 Å². The highest BCUT2D eigenvalue weighted by atomic mass is 16.5. The molecule has 4 aromatic rings. The lowest BCUT2D eigenvalue weighted by Gasteiger charge is -2.12. The summed E-state index contributed by atoms with van der Waals surface area (Å²) < 4.78 is 10.6. The molecule has 0 N–H and O–H groups in total. The van der Waals surface area contributed by atoms with Crippen LogP contribution in [0.3, 0.4) is 0 Å². The van der Waals surface area contributed by atoms with Gasteiger partial charge in [0.25, 0.3) is 0 Å². The fraction of sp³-hybridized carbons (Fsp3) is 0.176. The summed E-state index contributed by atoms with van der Waals surface area (Å²) in [6.07, 6.45) is 3.60. The van der Waals surface area contributed by atoms with Gasteiger partial charge in [-0.15, -0.1) is 0 Å². The lowest BCUT2D eigenvalue weighted by Crippen LogP contribution is -2.08. The standard InChI is InChI=1S/C34H32O4/c1-23(2)33(35)37-29-19-13-25(14-20-29)11-17-27-7-5-10-32-28(8-6-9-31(27)32)18-12-26-15-21-30(22-16-26)38-34(36)24(3)4/h5-10,13-16,19-22H,1,3,11-12,17-18H2,2,4H3. The zero-order valence-electron chi connectivity index (χ0n) is 22.0. The first kappa shape index (κ1) is 26.6. The van der Waals surface area contributed by atoms with Gasteiger partial charge in [0.2, 0.25) is 0 Å². The van der Waals surface area contributed by atoms with E-state index in [-0.39, 0.29) is 0 Å². The van der Waals surface area contributed by atoms with Crippen LogP contribution in [0, 0.1) is 0 Å². The first-order valence-electron chi connectivity index (χ1n) is 12.7. The zero-order valence-corrected chi connectivity index (χ0v) is 22.0. The van der Waals surface area contributed by atoms with Crippen molar-refractivity contribution in [3.63, 3.8) is 0 Å². The molecule has 4 aromatic carbocycles. The molecular weight excluding hydrogens is 472 g/mol. The second-order valence-electron chi connectivity index (χ2n) is 9.56. The van der Waals surface area contributed by atoms with E-state index in [0.29, 0.717) is 22.6 Å². The van der Waals surface area contributed by atoms with Crippen molar-refractivity contribution in [2.45, 2.75) is 39.5 Å². The van der Waals surface area contributed by atoms with E-state index < -0.39 is 11.9 Å². The monoisotopic (exact) mass is 504 g/mol. The Labute approximate surface area is 224 Å². The van der Waals surface area contributed by atoms with E-state index in [1.54, 1.807) is 13.8 Å². The third-order valence-corrected chi connectivity index (χ3v) is 6.43. The first-order chi connectivity index (χ1) is 18.3. The average Bonchev–Trinajstić information content (AvgIpc) is 2.92. The van der Waals surface area contributed by atoms with E-state index in [4.69, 9.17) is 9.47 Å². The van der Waals surface area contributed by atoms with E-state index in [0.717, 1.165) is 25.7 Å². The largest absolute Gasteiger partial charge is 0.423 e. The number of esters is 2. The number of ether oxygens (including phenoxy) is 2. The molecule has 0 saturated heterocycles. The summed E-state index contributed by atoms with van der Waals surface area (Å²) in [5, 5.41) is 2.55. The number of hydrogen-bond donors (Lipinski definition) is 0. The number of carbonyl (C=O) groups is 2. The predicted octanol–water partition coefficient (Wildman–Crippen LogP) is 7.37. The molecule has 0 bridgehead atoms. The number of aryl methyl sites for hydroxylation is 4. The van der Waals surface area contributed by atoms with Gasteiger partial charge in [-0.3, -0.25) is 0 Å². The van der Waals surface area contributed by atoms with Crippen LogP contribution in [0.25, 0.3) is 10.8 Å². The second kappa shape index (κ2) is 12.2. The molecule has 0 saturated carbocycles. The van der Waals surface area contributed by atoms with E-state index in [1.165, 1.54) is 33.0 Å². The summed E-state index contributed by atoms with van der Waals surface area (Å²) in [7, 11) is 0. The van der Waals surface area contributed by atoms with Gasteiger partial charge >= 0.3 is 11.9 Å². The lowest BCUT2D eigenvalue weighted by atomic mass is 9.94. The minimum atomic E-state index is -0.412. The van der Waals surface area contributed by atoms with Crippen molar-refractivity contribution >= 4 is 22.7 Å². The Morgan fingerprint density at radius 3 is 1.26 bits per heavy atom. The van der Waals surface area contributed by atoms with Crippen molar-refractivity contribution in [2.75, 3.05) is 0 Å². The summed E-state index contributed by atoms with van der Waals surface area (Å²) in [4.78, 5) is 23.4. The van der Waals surface area contributed by atoms with Gasteiger partial charge in [-0.1, -0.05) is 73.8 Å². The Kier molecular flexibility index (Phi) is 8.55. The van der Waals surface area contributed by atoms with Crippen molar-refractivity contribution in [1.29, 1.82) is 0 Å². The molecule has 0 atom stereocenters. The number of carbonyl (C=O) groups excluding carboxylic acids is 2. The minimum absolute atomic E-state index is 0.379. The van der Waals surface area contributed by atoms with Gasteiger partial charge in [-0.25, -0.2) is 9.59 Å². The van der Waals surface area contributed by atoms with E-state index in [9.17, 15) is 9.59 Å². The lowest BCUT2D eigenvalue weighted by molar-refractivity contribution is -0.130. The summed E-state index contributed by atoms with van der Waals surface area (Å²) in [6.45, 7) is 10.5. The Hall–Kier alpha value is -4.44. The maximum Gasteiger partial charge on any atom is 0.338 e. The highest BCUT2D eigenvalue weighted by Gasteiger charge is 2.09. The van der Waals surface area contributed by atoms with Crippen molar-refractivity contribution in [3.05, 3.63) is 131 Å². The van der Waals surface area contributed by atoms with Gasteiger partial charge in [0.05, 0.1) is 0 Å². The fourth-order valence-corrected chi connectivity index (χ4v) is 4.27. The molecule has 0 radical (unpaired) electrons. The van der Waals surface area contributed by atoms with Gasteiger partial charge in [-0.2, -0.15) is 0 Å². The highest BCUT2D eigenvalue weighted by Crippen LogP contribution is 2.26. The quantitative estimate of drug-likeness (QED) is 0.128. The molecule has 192 valence electrons. The van der Waals surface area contributed by atoms with Crippen LogP contribution in [-0.2, 0) is 35.3 Å². The molecule has 0 aliphatic carbocycles. The van der Waals surface area contributed by atoms with Crippen LogP contribution in [-0.4, -0.2) is 11.9 Å². The molecular formula is C34H32O4. The van der Waals surface area contributed by atoms with Gasteiger partial charge in [0, 0.05) is 11.1 Å². The van der Waals surface area contributed by atoms with Crippen LogP contribution in [0.1, 0.15) is 36.1 Å². The summed E-state index contributed by atoms with van der Waals surface area (Å²) >= 11 is 0. The van der Waals surface area contributed by atoms with Gasteiger partial charge in [0.1, 0.15) is 11.5 Å². The Morgan fingerprint density at radius 2 is 0.921 bits per heavy atom. The molecule has 0 aliphatic heterocycles. The summed E-state index contributed by atoms with van der Waals surface area (Å²) in [5.74, 6) is 0.231. The van der Waals surface area contributed by atoms with Crippen molar-refractivity contribution in [2.24, 2.45) is 0 Å². The molecule has 4 nitrogen and oxygen atoms in total. The van der Waals surface area contributed by atoms with Crippen LogP contribution in [0.4, 0.5) is 0 Å². The van der Waals surface area contributed by atoms with E-state index in [1.807, 2.05) is 48.5 Å². The molecule has 0 amide bonds. The smallest absolute Gasteiger partial charge is 0.338 e. The molecule has 0 heterocycles. The first-order valence-corrected chi connectivity index (χ1v) is 12.7. The number of hydrogen-bond acceptors (Lipinski definition) is 4. The molecule has 0 spiro atoms. The van der Waals surface area contributed by atoms with Crippen molar-refractivity contribution in [3.8, 4) is 11.5 Å². The minimum Gasteiger partial charge on any atom is -0.423 e. The van der Waals surface area contributed by atoms with Crippen LogP contribution in [0.2, 0.25) is 0 Å². The fourth-order valence-electron chi connectivity index (χ4n) is 4.27. The normalized spacial score (nSPS) is 10.7. The van der Waals surface area contributed by atoms with Gasteiger partial charge in [0.15, 0.2) is 0 Å². The molecule has 0 aromatic heterocycles. The average molecular weight is 505 g/mol. The van der Waals surface area contributed by atoms with Crippen LogP contribution >= 0.6 is 0 Å². The van der Waals surface area contributed by atoms with Crippen molar-refractivity contribution < 1.29 is 19.1 Å². The Balaban J connectivity index is 1.40. The van der Waals surface area contributed by atoms with Crippen LogP contribution in [0.5, 0.6) is 11.5 Å². The SMILES string of the molecule is C=C(C)C(=O)Oc1ccc(CCc2cccc3c(CCc4ccc(OC(=O)C(=C)C)cc4)cccc23)cc1. The highest BCUT2D eigenvalue weighted by molar-refractivity contribution is 5.90. The number of rotatable bonds is 10. The Bertz CT molecular complexity index is 1360. The molecule has 0 fully saturated rings. The molecule has 0 aliphatic rings. The number of benzene rings is 4. The number of fused-ring (bicyclic) bond motifs is 1.